The molecule has 0 bridgehead atoms. The molecular formula is C12H14ClFN2OS. The lowest BCUT2D eigenvalue weighted by atomic mass is 9.92. The topological polar surface area (TPSA) is 55.1 Å². The van der Waals surface area contributed by atoms with Gasteiger partial charge in [-0.3, -0.25) is 4.79 Å². The van der Waals surface area contributed by atoms with E-state index in [1.807, 2.05) is 0 Å². The van der Waals surface area contributed by atoms with Crippen molar-refractivity contribution in [1.82, 2.24) is 0 Å². The van der Waals surface area contributed by atoms with E-state index in [0.717, 1.165) is 6.07 Å². The van der Waals surface area contributed by atoms with E-state index in [1.165, 1.54) is 6.07 Å². The molecule has 0 heterocycles. The summed E-state index contributed by atoms with van der Waals surface area (Å²) in [5.74, 6) is -0.811. The molecule has 0 spiro atoms. The SMILES string of the molecule is Cc1cc(NC(=O)C(C)(C)C(N)=S)c(Cl)cc1F. The van der Waals surface area contributed by atoms with Gasteiger partial charge in [-0.25, -0.2) is 4.39 Å². The number of nitrogens with one attached hydrogen (secondary N) is 1. The van der Waals surface area contributed by atoms with Gasteiger partial charge in [-0.2, -0.15) is 0 Å². The third kappa shape index (κ3) is 2.97. The summed E-state index contributed by atoms with van der Waals surface area (Å²) in [4.78, 5) is 12.1. The highest BCUT2D eigenvalue weighted by Gasteiger charge is 2.31. The fourth-order valence-corrected chi connectivity index (χ4v) is 1.43. The molecule has 0 saturated carbocycles. The van der Waals surface area contributed by atoms with Crippen molar-refractivity contribution in [1.29, 1.82) is 0 Å². The first-order chi connectivity index (χ1) is 8.16. The maximum absolute atomic E-state index is 13.2. The number of carbonyl (C=O) groups is 1. The van der Waals surface area contributed by atoms with Crippen molar-refractivity contribution < 1.29 is 9.18 Å². The van der Waals surface area contributed by atoms with E-state index in [9.17, 15) is 9.18 Å². The Morgan fingerprint density at radius 3 is 2.56 bits per heavy atom. The fraction of sp³-hybridized carbons (Fsp3) is 0.333. The Hall–Kier alpha value is -1.20. The van der Waals surface area contributed by atoms with E-state index < -0.39 is 11.2 Å². The molecule has 0 aliphatic heterocycles. The number of nitrogens with two attached hydrogens (primary N) is 1. The third-order valence-electron chi connectivity index (χ3n) is 2.68. The second-order valence-electron chi connectivity index (χ2n) is 4.52. The van der Waals surface area contributed by atoms with Crippen LogP contribution in [0.2, 0.25) is 5.02 Å². The molecular weight excluding hydrogens is 275 g/mol. The highest BCUT2D eigenvalue weighted by molar-refractivity contribution is 7.80. The Bertz CT molecular complexity index is 517. The molecule has 0 unspecified atom stereocenters. The molecule has 0 aliphatic rings. The Morgan fingerprint density at radius 2 is 2.06 bits per heavy atom. The van der Waals surface area contributed by atoms with Gasteiger partial charge in [-0.05, 0) is 38.5 Å². The maximum atomic E-state index is 13.2. The number of aryl methyl sites for hydroxylation is 1. The van der Waals surface area contributed by atoms with Crippen LogP contribution in [0.25, 0.3) is 0 Å². The molecule has 0 aromatic heterocycles. The summed E-state index contributed by atoms with van der Waals surface area (Å²) < 4.78 is 13.2. The van der Waals surface area contributed by atoms with Crippen LogP contribution in [0.1, 0.15) is 19.4 Å². The molecule has 98 valence electrons. The molecule has 0 atom stereocenters. The van der Waals surface area contributed by atoms with Crippen molar-refractivity contribution in [2.75, 3.05) is 5.32 Å². The van der Waals surface area contributed by atoms with Crippen molar-refractivity contribution in [3.05, 3.63) is 28.5 Å². The number of rotatable bonds is 3. The second kappa shape index (κ2) is 5.20. The average molecular weight is 289 g/mol. The lowest BCUT2D eigenvalue weighted by Crippen LogP contribution is -2.41. The summed E-state index contributed by atoms with van der Waals surface area (Å²) in [5, 5.41) is 2.72. The molecule has 0 radical (unpaired) electrons. The summed E-state index contributed by atoms with van der Waals surface area (Å²) >= 11 is 10.7. The van der Waals surface area contributed by atoms with Gasteiger partial charge in [0, 0.05) is 0 Å². The van der Waals surface area contributed by atoms with Crippen molar-refractivity contribution >= 4 is 40.4 Å². The normalized spacial score (nSPS) is 11.2. The summed E-state index contributed by atoms with van der Waals surface area (Å²) in [5.41, 5.74) is 5.22. The zero-order chi connectivity index (χ0) is 14.1. The van der Waals surface area contributed by atoms with Crippen LogP contribution in [0.4, 0.5) is 10.1 Å². The molecule has 0 saturated heterocycles. The van der Waals surface area contributed by atoms with E-state index in [1.54, 1.807) is 20.8 Å². The lowest BCUT2D eigenvalue weighted by molar-refractivity contribution is -0.121. The highest BCUT2D eigenvalue weighted by atomic mass is 35.5. The van der Waals surface area contributed by atoms with Crippen molar-refractivity contribution in [3.63, 3.8) is 0 Å². The standard InChI is InChI=1S/C12H14ClFN2OS/c1-6-4-9(7(13)5-8(6)14)16-11(17)12(2,3)10(15)18/h4-5H,1-3H3,(H2,15,18)(H,16,17). The van der Waals surface area contributed by atoms with Crippen molar-refractivity contribution in [2.45, 2.75) is 20.8 Å². The first-order valence-electron chi connectivity index (χ1n) is 5.23. The summed E-state index contributed by atoms with van der Waals surface area (Å²) in [6, 6.07) is 2.62. The van der Waals surface area contributed by atoms with Crippen LogP contribution in [0.5, 0.6) is 0 Å². The van der Waals surface area contributed by atoms with Crippen LogP contribution in [0, 0.1) is 18.2 Å². The summed E-state index contributed by atoms with van der Waals surface area (Å²) in [6.07, 6.45) is 0. The maximum Gasteiger partial charge on any atom is 0.236 e. The number of anilines is 1. The minimum atomic E-state index is -0.999. The monoisotopic (exact) mass is 288 g/mol. The number of hydrogen-bond acceptors (Lipinski definition) is 2. The number of amides is 1. The molecule has 1 amide bonds. The number of carbonyl (C=O) groups excluding carboxylic acids is 1. The van der Waals surface area contributed by atoms with Crippen molar-refractivity contribution in [3.8, 4) is 0 Å². The largest absolute Gasteiger partial charge is 0.392 e. The van der Waals surface area contributed by atoms with Gasteiger partial charge in [0.2, 0.25) is 5.91 Å². The van der Waals surface area contributed by atoms with E-state index in [0.29, 0.717) is 11.3 Å². The van der Waals surface area contributed by atoms with E-state index in [4.69, 9.17) is 29.6 Å². The molecule has 18 heavy (non-hydrogen) atoms. The van der Waals surface area contributed by atoms with Gasteiger partial charge in [-0.15, -0.1) is 0 Å². The van der Waals surface area contributed by atoms with Crippen LogP contribution in [0.15, 0.2) is 12.1 Å². The van der Waals surface area contributed by atoms with E-state index in [2.05, 4.69) is 5.32 Å². The molecule has 3 N–H and O–H groups in total. The number of benzene rings is 1. The van der Waals surface area contributed by atoms with Gasteiger partial charge in [0.15, 0.2) is 0 Å². The average Bonchev–Trinajstić information content (AvgIpc) is 2.25. The summed E-state index contributed by atoms with van der Waals surface area (Å²) in [7, 11) is 0. The van der Waals surface area contributed by atoms with E-state index in [-0.39, 0.29) is 15.9 Å². The van der Waals surface area contributed by atoms with Crippen LogP contribution >= 0.6 is 23.8 Å². The third-order valence-corrected chi connectivity index (χ3v) is 3.50. The zero-order valence-electron chi connectivity index (χ0n) is 10.3. The van der Waals surface area contributed by atoms with Crippen LogP contribution in [-0.2, 0) is 4.79 Å². The first kappa shape index (κ1) is 14.9. The zero-order valence-corrected chi connectivity index (χ0v) is 11.9. The first-order valence-corrected chi connectivity index (χ1v) is 6.02. The summed E-state index contributed by atoms with van der Waals surface area (Å²) in [6.45, 7) is 4.80. The van der Waals surface area contributed by atoms with Gasteiger partial charge in [0.25, 0.3) is 0 Å². The van der Waals surface area contributed by atoms with Crippen LogP contribution < -0.4 is 11.1 Å². The number of hydrogen-bond donors (Lipinski definition) is 2. The van der Waals surface area contributed by atoms with Gasteiger partial charge >= 0.3 is 0 Å². The molecule has 1 rings (SSSR count). The van der Waals surface area contributed by atoms with Gasteiger partial charge in [-0.1, -0.05) is 23.8 Å². The Labute approximate surface area is 115 Å². The quantitative estimate of drug-likeness (QED) is 0.841. The van der Waals surface area contributed by atoms with Gasteiger partial charge < -0.3 is 11.1 Å². The molecule has 6 heteroatoms. The minimum absolute atomic E-state index is 0.0787. The number of halogens is 2. The number of thiocarbonyl (C=S) groups is 1. The Kier molecular flexibility index (Phi) is 4.29. The molecule has 0 aliphatic carbocycles. The minimum Gasteiger partial charge on any atom is -0.392 e. The molecule has 0 fully saturated rings. The predicted octanol–water partition coefficient (Wildman–Crippen LogP) is 3.04. The molecule has 3 nitrogen and oxygen atoms in total. The fourth-order valence-electron chi connectivity index (χ4n) is 1.14. The second-order valence-corrected chi connectivity index (χ2v) is 5.37. The van der Waals surface area contributed by atoms with Crippen molar-refractivity contribution in [2.24, 2.45) is 11.1 Å². The van der Waals surface area contributed by atoms with E-state index >= 15 is 0 Å². The van der Waals surface area contributed by atoms with Crippen LogP contribution in [0.3, 0.4) is 0 Å². The highest BCUT2D eigenvalue weighted by Crippen LogP contribution is 2.27. The molecule has 1 aromatic carbocycles. The predicted molar refractivity (Wildman–Crippen MR) is 75.3 cm³/mol. The Morgan fingerprint density at radius 1 is 1.50 bits per heavy atom. The smallest absolute Gasteiger partial charge is 0.236 e. The van der Waals surface area contributed by atoms with Gasteiger partial charge in [0.05, 0.1) is 21.1 Å². The van der Waals surface area contributed by atoms with Crippen LogP contribution in [-0.4, -0.2) is 10.9 Å². The Balaban J connectivity index is 3.03. The molecule has 1 aromatic rings. The lowest BCUT2D eigenvalue weighted by Gasteiger charge is -2.22. The van der Waals surface area contributed by atoms with Gasteiger partial charge in [0.1, 0.15) is 5.82 Å².